The Bertz CT molecular complexity index is 601. The summed E-state index contributed by atoms with van der Waals surface area (Å²) in [5.74, 6) is 0.219. The molecule has 3 rings (SSSR count). The first kappa shape index (κ1) is 19.3. The van der Waals surface area contributed by atoms with Crippen LogP contribution in [-0.2, 0) is 4.74 Å². The molecule has 0 amide bonds. The van der Waals surface area contributed by atoms with Crippen LogP contribution in [0.25, 0.3) is 0 Å². The Morgan fingerprint density at radius 2 is 1.58 bits per heavy atom. The highest BCUT2D eigenvalue weighted by molar-refractivity contribution is 6.13. The molecule has 0 aliphatic carbocycles. The lowest BCUT2D eigenvalue weighted by molar-refractivity contribution is 0.0548. The summed E-state index contributed by atoms with van der Waals surface area (Å²) in [7, 11) is 0. The first-order chi connectivity index (χ1) is 12.8. The van der Waals surface area contributed by atoms with Crippen molar-refractivity contribution in [2.45, 2.75) is 12.0 Å². The number of aliphatic hydroxyl groups is 1. The largest absolute Gasteiger partial charge is 0.394 e. The van der Waals surface area contributed by atoms with Crippen LogP contribution in [0.1, 0.15) is 17.0 Å². The number of halogens is 1. The van der Waals surface area contributed by atoms with Gasteiger partial charge in [-0.25, -0.2) is 4.42 Å². The molecule has 0 saturated carbocycles. The van der Waals surface area contributed by atoms with E-state index in [1.165, 1.54) is 11.1 Å². The molecular formula is C21H27ClN2O2. The van der Waals surface area contributed by atoms with Crippen molar-refractivity contribution < 1.29 is 9.84 Å². The summed E-state index contributed by atoms with van der Waals surface area (Å²) in [4.78, 5) is 2.40. The maximum Gasteiger partial charge on any atom is 0.0698 e. The predicted molar refractivity (Wildman–Crippen MR) is 105 cm³/mol. The van der Waals surface area contributed by atoms with Crippen LogP contribution >= 0.6 is 11.8 Å². The monoisotopic (exact) mass is 374 g/mol. The normalized spacial score (nSPS) is 19.1. The van der Waals surface area contributed by atoms with Crippen LogP contribution in [-0.4, -0.2) is 66.5 Å². The van der Waals surface area contributed by atoms with Gasteiger partial charge >= 0.3 is 0 Å². The minimum atomic E-state index is 0.0716. The molecule has 0 aromatic heterocycles. The van der Waals surface area contributed by atoms with E-state index in [0.717, 1.165) is 26.2 Å². The van der Waals surface area contributed by atoms with Gasteiger partial charge in [-0.2, -0.15) is 0 Å². The Kier molecular flexibility index (Phi) is 7.47. The Morgan fingerprint density at radius 1 is 0.962 bits per heavy atom. The van der Waals surface area contributed by atoms with Crippen molar-refractivity contribution in [2.75, 3.05) is 46.0 Å². The van der Waals surface area contributed by atoms with E-state index in [4.69, 9.17) is 21.6 Å². The highest BCUT2D eigenvalue weighted by atomic mass is 35.5. The van der Waals surface area contributed by atoms with Crippen LogP contribution < -0.4 is 0 Å². The molecule has 140 valence electrons. The third kappa shape index (κ3) is 5.06. The quantitative estimate of drug-likeness (QED) is 0.569. The van der Waals surface area contributed by atoms with Gasteiger partial charge < -0.3 is 9.84 Å². The summed E-state index contributed by atoms with van der Waals surface area (Å²) in [5.41, 5.74) is 2.57. The maximum absolute atomic E-state index is 8.84. The molecular weight excluding hydrogens is 348 g/mol. The molecule has 0 radical (unpaired) electrons. The van der Waals surface area contributed by atoms with Crippen molar-refractivity contribution in [3.8, 4) is 0 Å². The lowest BCUT2D eigenvalue weighted by atomic mass is 9.84. The van der Waals surface area contributed by atoms with Gasteiger partial charge in [-0.3, -0.25) is 4.90 Å². The molecule has 26 heavy (non-hydrogen) atoms. The van der Waals surface area contributed by atoms with Crippen LogP contribution in [0, 0.1) is 0 Å². The molecule has 1 N–H and O–H groups in total. The van der Waals surface area contributed by atoms with Gasteiger partial charge in [0.1, 0.15) is 0 Å². The smallest absolute Gasteiger partial charge is 0.0698 e. The van der Waals surface area contributed by atoms with Crippen LogP contribution in [0.2, 0.25) is 0 Å². The number of hydrogen-bond donors (Lipinski definition) is 1. The summed E-state index contributed by atoms with van der Waals surface area (Å²) in [6.45, 7) is 4.60. The van der Waals surface area contributed by atoms with E-state index in [9.17, 15) is 0 Å². The van der Waals surface area contributed by atoms with Crippen molar-refractivity contribution in [1.82, 2.24) is 9.32 Å². The number of benzene rings is 2. The van der Waals surface area contributed by atoms with Gasteiger partial charge in [-0.1, -0.05) is 60.7 Å². The van der Waals surface area contributed by atoms with E-state index in [0.29, 0.717) is 13.2 Å². The third-order valence-electron chi connectivity index (χ3n) is 4.92. The fourth-order valence-corrected chi connectivity index (χ4v) is 3.89. The van der Waals surface area contributed by atoms with Crippen molar-refractivity contribution >= 4 is 11.8 Å². The number of ether oxygens (including phenoxy) is 1. The number of hydrogen-bond acceptors (Lipinski definition) is 4. The highest BCUT2D eigenvalue weighted by Crippen LogP contribution is 2.33. The van der Waals surface area contributed by atoms with Crippen molar-refractivity contribution in [3.05, 3.63) is 71.8 Å². The van der Waals surface area contributed by atoms with Crippen LogP contribution in [0.3, 0.4) is 0 Å². The summed E-state index contributed by atoms with van der Waals surface area (Å²) >= 11 is 6.67. The molecule has 1 unspecified atom stereocenters. The zero-order chi connectivity index (χ0) is 18.2. The fraction of sp³-hybridized carbons (Fsp3) is 0.429. The molecule has 1 atom stereocenters. The standard InChI is InChI=1S/C21H27ClN2O2/c22-24-12-11-23(13-15-26-16-14-25)17-20(24)21(18-7-3-1-4-8-18)19-9-5-2-6-10-19/h1-10,20-21,25H,11-17H2. The van der Waals surface area contributed by atoms with E-state index >= 15 is 0 Å². The number of piperazine rings is 1. The molecule has 2 aromatic rings. The molecule has 1 aliphatic heterocycles. The zero-order valence-corrected chi connectivity index (χ0v) is 15.8. The Hall–Kier alpha value is -1.43. The SMILES string of the molecule is OCCOCCN1CCN(Cl)C(C(c2ccccc2)c2ccccc2)C1. The van der Waals surface area contributed by atoms with E-state index in [2.05, 4.69) is 65.6 Å². The van der Waals surface area contributed by atoms with Crippen LogP contribution in [0.15, 0.2) is 60.7 Å². The van der Waals surface area contributed by atoms with Gasteiger partial charge in [0.2, 0.25) is 0 Å². The van der Waals surface area contributed by atoms with Gasteiger partial charge in [0, 0.05) is 38.1 Å². The van der Waals surface area contributed by atoms with Crippen LogP contribution in [0.5, 0.6) is 0 Å². The minimum Gasteiger partial charge on any atom is -0.394 e. The first-order valence-corrected chi connectivity index (χ1v) is 9.56. The van der Waals surface area contributed by atoms with Crippen LogP contribution in [0.4, 0.5) is 0 Å². The molecule has 2 aromatic carbocycles. The molecule has 1 heterocycles. The molecule has 4 nitrogen and oxygen atoms in total. The molecule has 1 saturated heterocycles. The zero-order valence-electron chi connectivity index (χ0n) is 15.0. The summed E-state index contributed by atoms with van der Waals surface area (Å²) in [6.07, 6.45) is 0. The van der Waals surface area contributed by atoms with Gasteiger partial charge in [0.05, 0.1) is 19.8 Å². The summed E-state index contributed by atoms with van der Waals surface area (Å²) < 4.78 is 7.41. The number of rotatable bonds is 8. The van der Waals surface area contributed by atoms with Gasteiger partial charge in [-0.15, -0.1) is 0 Å². The predicted octanol–water partition coefficient (Wildman–Crippen LogP) is 2.97. The van der Waals surface area contributed by atoms with Gasteiger partial charge in [-0.05, 0) is 22.9 Å². The molecule has 5 heteroatoms. The Balaban J connectivity index is 1.78. The van der Waals surface area contributed by atoms with Crippen molar-refractivity contribution in [1.29, 1.82) is 0 Å². The second-order valence-electron chi connectivity index (χ2n) is 6.63. The Morgan fingerprint density at radius 3 is 2.15 bits per heavy atom. The van der Waals surface area contributed by atoms with Gasteiger partial charge in [0.15, 0.2) is 0 Å². The average Bonchev–Trinajstić information content (AvgIpc) is 2.69. The van der Waals surface area contributed by atoms with E-state index < -0.39 is 0 Å². The van der Waals surface area contributed by atoms with Crippen molar-refractivity contribution in [3.63, 3.8) is 0 Å². The second-order valence-corrected chi connectivity index (χ2v) is 7.06. The van der Waals surface area contributed by atoms with E-state index in [-0.39, 0.29) is 18.6 Å². The first-order valence-electron chi connectivity index (χ1n) is 9.23. The number of aliphatic hydroxyl groups excluding tert-OH is 1. The fourth-order valence-electron chi connectivity index (χ4n) is 3.64. The molecule has 0 spiro atoms. The maximum atomic E-state index is 8.84. The number of nitrogens with zero attached hydrogens (tertiary/aromatic N) is 2. The summed E-state index contributed by atoms with van der Waals surface area (Å²) in [6, 6.07) is 21.4. The second kappa shape index (κ2) is 10.0. The van der Waals surface area contributed by atoms with E-state index in [1.807, 2.05) is 4.42 Å². The molecule has 1 fully saturated rings. The third-order valence-corrected chi connectivity index (χ3v) is 5.34. The Labute approximate surface area is 161 Å². The minimum absolute atomic E-state index is 0.0716. The van der Waals surface area contributed by atoms with Crippen molar-refractivity contribution in [2.24, 2.45) is 0 Å². The topological polar surface area (TPSA) is 35.9 Å². The summed E-state index contributed by atoms with van der Waals surface area (Å²) in [5, 5.41) is 8.84. The molecule has 0 bridgehead atoms. The van der Waals surface area contributed by atoms with E-state index in [1.54, 1.807) is 0 Å². The molecule has 1 aliphatic rings. The lowest BCUT2D eigenvalue weighted by Crippen LogP contribution is -2.52. The highest BCUT2D eigenvalue weighted by Gasteiger charge is 2.34. The van der Waals surface area contributed by atoms with Gasteiger partial charge in [0.25, 0.3) is 0 Å². The average molecular weight is 375 g/mol. The lowest BCUT2D eigenvalue weighted by Gasteiger charge is -2.42.